The number of carboxylic acid groups (broad SMARTS) is 1. The Balaban J connectivity index is 3.41. The molecule has 2 N–H and O–H groups in total. The van der Waals surface area contributed by atoms with Gasteiger partial charge < -0.3 is 5.11 Å². The molecule has 94 valence electrons. The zero-order valence-electron chi connectivity index (χ0n) is 10.3. The average Bonchev–Trinajstić information content (AvgIpc) is 2.25. The second-order valence-electron chi connectivity index (χ2n) is 4.14. The Morgan fingerprint density at radius 2 is 1.81 bits per heavy atom. The van der Waals surface area contributed by atoms with Gasteiger partial charge in [0.25, 0.3) is 0 Å². The summed E-state index contributed by atoms with van der Waals surface area (Å²) in [4.78, 5) is 21.8. The highest BCUT2D eigenvalue weighted by Crippen LogP contribution is 2.04. The fraction of sp³-hybridized carbons (Fsp3) is 0.833. The summed E-state index contributed by atoms with van der Waals surface area (Å²) in [7, 11) is 0. The largest absolute Gasteiger partial charge is 0.480 e. The van der Waals surface area contributed by atoms with Gasteiger partial charge in [0.15, 0.2) is 0 Å². The summed E-state index contributed by atoms with van der Waals surface area (Å²) in [6, 6.07) is -0.649. The van der Waals surface area contributed by atoms with Gasteiger partial charge in [-0.15, -0.1) is 0 Å². The Bertz CT molecular complexity index is 216. The van der Waals surface area contributed by atoms with Crippen LogP contribution in [0.4, 0.5) is 0 Å². The summed E-state index contributed by atoms with van der Waals surface area (Å²) in [5, 5.41) is 11.3. The van der Waals surface area contributed by atoms with Crippen LogP contribution in [0.2, 0.25) is 0 Å². The number of carbonyl (C=O) groups is 2. The third-order valence-electron chi connectivity index (χ3n) is 2.54. The molecule has 0 saturated heterocycles. The van der Waals surface area contributed by atoms with Crippen LogP contribution in [-0.2, 0) is 9.59 Å². The van der Waals surface area contributed by atoms with Gasteiger partial charge in [-0.3, -0.25) is 14.9 Å². The highest BCUT2D eigenvalue weighted by atomic mass is 16.4. The van der Waals surface area contributed by atoms with Crippen molar-refractivity contribution in [1.82, 2.24) is 5.32 Å². The van der Waals surface area contributed by atoms with Crippen LogP contribution < -0.4 is 5.32 Å². The minimum Gasteiger partial charge on any atom is -0.480 e. The predicted molar refractivity (Wildman–Crippen MR) is 63.5 cm³/mol. The van der Waals surface area contributed by atoms with Crippen LogP contribution in [0.1, 0.15) is 52.4 Å². The van der Waals surface area contributed by atoms with E-state index >= 15 is 0 Å². The van der Waals surface area contributed by atoms with Crippen LogP contribution in [0.25, 0.3) is 0 Å². The van der Waals surface area contributed by atoms with Crippen molar-refractivity contribution in [3.05, 3.63) is 0 Å². The van der Waals surface area contributed by atoms with Crippen LogP contribution in [0, 0.1) is 0 Å². The van der Waals surface area contributed by atoms with E-state index < -0.39 is 12.0 Å². The van der Waals surface area contributed by atoms with Gasteiger partial charge in [0.1, 0.15) is 11.8 Å². The molecule has 16 heavy (non-hydrogen) atoms. The molecule has 0 aliphatic rings. The molecule has 1 atom stereocenters. The van der Waals surface area contributed by atoms with Gasteiger partial charge in [-0.2, -0.15) is 0 Å². The van der Waals surface area contributed by atoms with Gasteiger partial charge in [-0.25, -0.2) is 0 Å². The van der Waals surface area contributed by atoms with Crippen molar-refractivity contribution in [3.8, 4) is 0 Å². The van der Waals surface area contributed by atoms with Crippen molar-refractivity contribution in [1.29, 1.82) is 0 Å². The Morgan fingerprint density at radius 1 is 1.19 bits per heavy atom. The van der Waals surface area contributed by atoms with Gasteiger partial charge in [-0.05, 0) is 13.3 Å². The minimum absolute atomic E-state index is 0.101. The number of hydrogen-bond acceptors (Lipinski definition) is 3. The second-order valence-corrected chi connectivity index (χ2v) is 4.14. The van der Waals surface area contributed by atoms with E-state index in [0.29, 0.717) is 6.42 Å². The standard InChI is InChI=1S/C12H23NO3/c1-3-4-5-6-7-8-11(14)9-13-10(2)12(15)16/h10,13H,3-9H2,1-2H3,(H,15,16)/t10-/m0/s1. The van der Waals surface area contributed by atoms with Crippen molar-refractivity contribution in [2.75, 3.05) is 6.54 Å². The Hall–Kier alpha value is -0.900. The molecule has 0 aliphatic heterocycles. The summed E-state index contributed by atoms with van der Waals surface area (Å²) in [6.45, 7) is 3.86. The van der Waals surface area contributed by atoms with E-state index in [1.807, 2.05) is 0 Å². The van der Waals surface area contributed by atoms with Crippen LogP contribution in [0.5, 0.6) is 0 Å². The Kier molecular flexibility index (Phi) is 8.81. The molecule has 0 fully saturated rings. The smallest absolute Gasteiger partial charge is 0.320 e. The number of nitrogens with one attached hydrogen (secondary N) is 1. The van der Waals surface area contributed by atoms with Gasteiger partial charge in [0.05, 0.1) is 6.54 Å². The molecule has 0 spiro atoms. The number of ketones is 1. The molecule has 0 aromatic carbocycles. The third kappa shape index (κ3) is 8.41. The fourth-order valence-electron chi connectivity index (χ4n) is 1.37. The molecular formula is C12H23NO3. The van der Waals surface area contributed by atoms with E-state index in [9.17, 15) is 9.59 Å². The number of carboxylic acids is 1. The van der Waals surface area contributed by atoms with Gasteiger partial charge >= 0.3 is 5.97 Å². The van der Waals surface area contributed by atoms with Gasteiger partial charge in [0.2, 0.25) is 0 Å². The number of aliphatic carboxylic acids is 1. The van der Waals surface area contributed by atoms with E-state index in [1.54, 1.807) is 0 Å². The maximum atomic E-state index is 11.3. The van der Waals surface area contributed by atoms with Crippen molar-refractivity contribution in [2.45, 2.75) is 58.4 Å². The molecule has 0 amide bonds. The predicted octanol–water partition coefficient (Wildman–Crippen LogP) is 1.98. The first kappa shape index (κ1) is 15.1. The summed E-state index contributed by atoms with van der Waals surface area (Å²) < 4.78 is 0. The number of Topliss-reactive ketones (excluding diaryl/α,β-unsaturated/α-hetero) is 1. The monoisotopic (exact) mass is 229 g/mol. The first-order chi connectivity index (χ1) is 7.57. The summed E-state index contributed by atoms with van der Waals surface area (Å²) in [5.41, 5.74) is 0. The Labute approximate surface area is 97.4 Å². The van der Waals surface area contributed by atoms with E-state index in [4.69, 9.17) is 5.11 Å². The maximum Gasteiger partial charge on any atom is 0.320 e. The molecule has 0 radical (unpaired) electrons. The average molecular weight is 229 g/mol. The van der Waals surface area contributed by atoms with Gasteiger partial charge in [-0.1, -0.05) is 32.6 Å². The van der Waals surface area contributed by atoms with Crippen LogP contribution >= 0.6 is 0 Å². The topological polar surface area (TPSA) is 66.4 Å². The van der Waals surface area contributed by atoms with Crippen LogP contribution in [0.3, 0.4) is 0 Å². The number of carbonyl (C=O) groups excluding carboxylic acids is 1. The van der Waals surface area contributed by atoms with E-state index in [0.717, 1.165) is 12.8 Å². The molecule has 0 saturated carbocycles. The van der Waals surface area contributed by atoms with E-state index in [-0.39, 0.29) is 12.3 Å². The first-order valence-electron chi connectivity index (χ1n) is 6.05. The van der Waals surface area contributed by atoms with Crippen LogP contribution in [-0.4, -0.2) is 29.4 Å². The lowest BCUT2D eigenvalue weighted by molar-refractivity contribution is -0.139. The third-order valence-corrected chi connectivity index (χ3v) is 2.54. The van der Waals surface area contributed by atoms with E-state index in [1.165, 1.54) is 26.2 Å². The highest BCUT2D eigenvalue weighted by molar-refractivity contribution is 5.81. The molecule has 4 heteroatoms. The highest BCUT2D eigenvalue weighted by Gasteiger charge is 2.11. The maximum absolute atomic E-state index is 11.3. The second kappa shape index (κ2) is 9.33. The fourth-order valence-corrected chi connectivity index (χ4v) is 1.37. The van der Waals surface area contributed by atoms with E-state index in [2.05, 4.69) is 12.2 Å². The molecule has 0 aliphatic carbocycles. The molecule has 0 aromatic rings. The minimum atomic E-state index is -0.921. The number of hydrogen-bond donors (Lipinski definition) is 2. The zero-order chi connectivity index (χ0) is 12.4. The summed E-state index contributed by atoms with van der Waals surface area (Å²) in [6.07, 6.45) is 6.18. The molecule has 0 unspecified atom stereocenters. The number of rotatable bonds is 10. The lowest BCUT2D eigenvalue weighted by Crippen LogP contribution is -2.37. The van der Waals surface area contributed by atoms with Gasteiger partial charge in [0, 0.05) is 6.42 Å². The molecule has 0 rings (SSSR count). The molecule has 0 aromatic heterocycles. The molecule has 4 nitrogen and oxygen atoms in total. The first-order valence-corrected chi connectivity index (χ1v) is 6.05. The zero-order valence-corrected chi connectivity index (χ0v) is 10.3. The lowest BCUT2D eigenvalue weighted by atomic mass is 10.1. The normalized spacial score (nSPS) is 12.4. The lowest BCUT2D eigenvalue weighted by Gasteiger charge is -2.07. The summed E-state index contributed by atoms with van der Waals surface area (Å²) >= 11 is 0. The van der Waals surface area contributed by atoms with Crippen molar-refractivity contribution in [3.63, 3.8) is 0 Å². The van der Waals surface area contributed by atoms with Crippen molar-refractivity contribution in [2.24, 2.45) is 0 Å². The SMILES string of the molecule is CCCCCCCC(=O)CN[C@@H](C)C(=O)O. The summed E-state index contributed by atoms with van der Waals surface area (Å²) in [5.74, 6) is -0.819. The van der Waals surface area contributed by atoms with Crippen molar-refractivity contribution < 1.29 is 14.7 Å². The molecule has 0 bridgehead atoms. The molecule has 0 heterocycles. The van der Waals surface area contributed by atoms with Crippen LogP contribution in [0.15, 0.2) is 0 Å². The van der Waals surface area contributed by atoms with Crippen molar-refractivity contribution >= 4 is 11.8 Å². The Morgan fingerprint density at radius 3 is 2.38 bits per heavy atom. The molecular weight excluding hydrogens is 206 g/mol. The number of unbranched alkanes of at least 4 members (excludes halogenated alkanes) is 4. The quantitative estimate of drug-likeness (QED) is 0.562.